The monoisotopic (exact) mass is 1010 g/mol. The lowest BCUT2D eigenvalue weighted by molar-refractivity contribution is -0.290. The van der Waals surface area contributed by atoms with E-state index < -0.39 is 109 Å². The molecule has 24 heteroatoms. The lowest BCUT2D eigenvalue weighted by Crippen LogP contribution is -2.63. The van der Waals surface area contributed by atoms with Crippen LogP contribution < -0.4 is 21.3 Å². The normalized spacial score (nSPS) is 24.3. The van der Waals surface area contributed by atoms with Gasteiger partial charge in [0.25, 0.3) is 0 Å². The summed E-state index contributed by atoms with van der Waals surface area (Å²) >= 11 is 0. The smallest absolute Gasteiger partial charge is 0.303 e. The van der Waals surface area contributed by atoms with Crippen LogP contribution in [0.25, 0.3) is 0 Å². The molecule has 0 aromatic heterocycles. The second kappa shape index (κ2) is 31.7. The molecule has 2 saturated heterocycles. The lowest BCUT2D eigenvalue weighted by atomic mass is 9.89. The Morgan fingerprint density at radius 3 is 1.70 bits per heavy atom. The molecule has 0 bridgehead atoms. The first-order valence-electron chi connectivity index (χ1n) is 23.4. The van der Waals surface area contributed by atoms with Gasteiger partial charge in [-0.05, 0) is 6.42 Å². The molecule has 1 aromatic carbocycles. The Morgan fingerprint density at radius 1 is 0.592 bits per heavy atom. The standard InChI is InChI=1S/C47H70N4O20/c1-27-38(25-65-30(4)53)70-47(41(51-29(3)52)42(27)67-32(6)55)64-23-21-62-19-17-49-45(60)36(50-24-37(58)35-12-10-9-11-13-35)14-15-40(59)48-16-18-61-20-22-63-46-28(2)43(68-33(7)56)44(69-34(8)57)39(71-46)26-66-31(5)54/h9-13,27-28,36,38-39,41-44,46-47,50H,14-26H2,1-8H3,(H,48,59)(H,49,60)(H,51,52)/t27-,28+,36?,38+,39+,41+,42-,43+,44-,46?,47?/m0/s1. The third kappa shape index (κ3) is 22.1. The number of esters is 5. The molecule has 2 fully saturated rings. The topological polar surface area (TPSA) is 303 Å². The summed E-state index contributed by atoms with van der Waals surface area (Å²) in [5, 5.41) is 11.2. The molecule has 24 nitrogen and oxygen atoms in total. The Hall–Kier alpha value is -5.63. The van der Waals surface area contributed by atoms with Crippen LogP contribution in [-0.4, -0.2) is 181 Å². The van der Waals surface area contributed by atoms with Crippen molar-refractivity contribution in [2.24, 2.45) is 11.8 Å². The average molecular weight is 1010 g/mol. The molecule has 1 aromatic rings. The number of nitrogens with one attached hydrogen (secondary N) is 4. The highest BCUT2D eigenvalue weighted by molar-refractivity contribution is 5.98. The third-order valence-electron chi connectivity index (χ3n) is 10.9. The zero-order valence-electron chi connectivity index (χ0n) is 41.6. The summed E-state index contributed by atoms with van der Waals surface area (Å²) in [6.07, 6.45) is -6.71. The van der Waals surface area contributed by atoms with E-state index in [1.807, 2.05) is 0 Å². The molecule has 4 N–H and O–H groups in total. The molecule has 0 spiro atoms. The number of hydrogen-bond donors (Lipinski definition) is 4. The van der Waals surface area contributed by atoms with Crippen molar-refractivity contribution >= 4 is 53.4 Å². The van der Waals surface area contributed by atoms with Crippen LogP contribution in [0.15, 0.2) is 30.3 Å². The van der Waals surface area contributed by atoms with E-state index >= 15 is 0 Å². The summed E-state index contributed by atoms with van der Waals surface area (Å²) in [4.78, 5) is 110. The van der Waals surface area contributed by atoms with Crippen LogP contribution in [0, 0.1) is 11.8 Å². The molecule has 2 heterocycles. The minimum absolute atomic E-state index is 0.0203. The fourth-order valence-electron chi connectivity index (χ4n) is 7.54. The van der Waals surface area contributed by atoms with Crippen molar-refractivity contribution in [3.63, 3.8) is 0 Å². The summed E-state index contributed by atoms with van der Waals surface area (Å²) in [6, 6.07) is 6.69. The first-order chi connectivity index (χ1) is 33.8. The maximum Gasteiger partial charge on any atom is 0.303 e. The quantitative estimate of drug-likeness (QED) is 0.0343. The van der Waals surface area contributed by atoms with Crippen LogP contribution >= 0.6 is 0 Å². The highest BCUT2D eigenvalue weighted by Gasteiger charge is 2.49. The Labute approximate surface area is 412 Å². The van der Waals surface area contributed by atoms with Gasteiger partial charge >= 0.3 is 29.8 Å². The minimum atomic E-state index is -1.10. The number of carbonyl (C=O) groups is 9. The molecule has 398 valence electrons. The summed E-state index contributed by atoms with van der Waals surface area (Å²) in [5.74, 6) is -5.60. The fourth-order valence-corrected chi connectivity index (χ4v) is 7.54. The average Bonchev–Trinajstić information content (AvgIpc) is 3.30. The van der Waals surface area contributed by atoms with Crippen LogP contribution in [0.4, 0.5) is 0 Å². The van der Waals surface area contributed by atoms with Crippen LogP contribution in [-0.2, 0) is 90.5 Å². The first-order valence-corrected chi connectivity index (χ1v) is 23.4. The number of hydrogen-bond acceptors (Lipinski definition) is 21. The molecule has 3 unspecified atom stereocenters. The molecule has 3 rings (SSSR count). The van der Waals surface area contributed by atoms with Gasteiger partial charge in [0.1, 0.15) is 43.7 Å². The van der Waals surface area contributed by atoms with Gasteiger partial charge in [-0.25, -0.2) is 0 Å². The van der Waals surface area contributed by atoms with Crippen LogP contribution in [0.1, 0.15) is 78.6 Å². The zero-order valence-corrected chi connectivity index (χ0v) is 41.6. The van der Waals surface area contributed by atoms with Gasteiger partial charge in [0.15, 0.2) is 24.5 Å². The molecule has 2 aliphatic heterocycles. The van der Waals surface area contributed by atoms with Crippen molar-refractivity contribution in [1.29, 1.82) is 0 Å². The highest BCUT2D eigenvalue weighted by Crippen LogP contribution is 2.32. The van der Waals surface area contributed by atoms with Crippen molar-refractivity contribution in [3.8, 4) is 0 Å². The van der Waals surface area contributed by atoms with Gasteiger partial charge in [0.2, 0.25) is 17.7 Å². The molecule has 0 radical (unpaired) electrons. The van der Waals surface area contributed by atoms with E-state index in [4.69, 9.17) is 52.1 Å². The molecule has 71 heavy (non-hydrogen) atoms. The number of ether oxygens (including phenoxy) is 11. The van der Waals surface area contributed by atoms with E-state index in [1.165, 1.54) is 41.5 Å². The maximum atomic E-state index is 13.4. The molecule has 0 aliphatic carbocycles. The van der Waals surface area contributed by atoms with Gasteiger partial charge in [0.05, 0.1) is 52.2 Å². The molecule has 3 amide bonds. The largest absolute Gasteiger partial charge is 0.463 e. The predicted octanol–water partition coefficient (Wildman–Crippen LogP) is 0.0545. The molecular weight excluding hydrogens is 941 g/mol. The molecule has 11 atom stereocenters. The van der Waals surface area contributed by atoms with Crippen LogP contribution in [0.3, 0.4) is 0 Å². The van der Waals surface area contributed by atoms with Crippen molar-refractivity contribution in [1.82, 2.24) is 21.3 Å². The van der Waals surface area contributed by atoms with E-state index in [1.54, 1.807) is 44.2 Å². The van der Waals surface area contributed by atoms with E-state index in [9.17, 15) is 43.2 Å². The van der Waals surface area contributed by atoms with Gasteiger partial charge in [-0.2, -0.15) is 0 Å². The van der Waals surface area contributed by atoms with Gasteiger partial charge < -0.3 is 68.1 Å². The lowest BCUT2D eigenvalue weighted by Gasteiger charge is -2.44. The first kappa shape index (κ1) is 59.7. The number of ketones is 1. The summed E-state index contributed by atoms with van der Waals surface area (Å²) in [7, 11) is 0. The number of benzene rings is 1. The SMILES string of the molecule is CC(=O)N[C@H]1C(OCCOCCNC(=O)C(CCC(=O)NCCOCCOC2O[C@H](COC(C)=O)[C@H](OC(C)=O)[C@H](OC(C)=O)[C@H]2C)NCC(=O)c2ccccc2)O[C@H](COC(C)=O)[C@H](C)[C@@H]1OC(C)=O. The van der Waals surface area contributed by atoms with E-state index in [-0.39, 0.29) is 97.0 Å². The van der Waals surface area contributed by atoms with E-state index in [2.05, 4.69) is 21.3 Å². The van der Waals surface area contributed by atoms with Crippen molar-refractivity contribution < 1.29 is 95.3 Å². The number of amides is 3. The second-order valence-electron chi connectivity index (χ2n) is 16.7. The number of carbonyl (C=O) groups excluding carboxylic acids is 9. The maximum absolute atomic E-state index is 13.4. The summed E-state index contributed by atoms with van der Waals surface area (Å²) < 4.78 is 61.7. The van der Waals surface area contributed by atoms with Crippen LogP contribution in [0.5, 0.6) is 0 Å². The summed E-state index contributed by atoms with van der Waals surface area (Å²) in [5.41, 5.74) is 0.444. The fraction of sp³-hybridized carbons (Fsp3) is 0.681. The van der Waals surface area contributed by atoms with Crippen LogP contribution in [0.2, 0.25) is 0 Å². The molecule has 0 saturated carbocycles. The number of Topliss-reactive ketones (excluding diaryl/α,β-unsaturated/α-hetero) is 1. The van der Waals surface area contributed by atoms with Gasteiger partial charge in [0, 0.05) is 78.5 Å². The predicted molar refractivity (Wildman–Crippen MR) is 245 cm³/mol. The molecule has 2 aliphatic rings. The van der Waals surface area contributed by atoms with Crippen molar-refractivity contribution in [2.75, 3.05) is 72.5 Å². The van der Waals surface area contributed by atoms with E-state index in [0.29, 0.717) is 5.56 Å². The molecular formula is C47H70N4O20. The highest BCUT2D eigenvalue weighted by atomic mass is 16.7. The Bertz CT molecular complexity index is 1910. The Balaban J connectivity index is 1.46. The third-order valence-corrected chi connectivity index (χ3v) is 10.9. The van der Waals surface area contributed by atoms with E-state index in [0.717, 1.165) is 0 Å². The second-order valence-corrected chi connectivity index (χ2v) is 16.7. The van der Waals surface area contributed by atoms with Gasteiger partial charge in [-0.1, -0.05) is 44.2 Å². The number of rotatable bonds is 30. The van der Waals surface area contributed by atoms with Gasteiger partial charge in [-0.15, -0.1) is 0 Å². The van der Waals surface area contributed by atoms with Gasteiger partial charge in [-0.3, -0.25) is 48.5 Å². The Kier molecular flexibility index (Phi) is 26.6. The Morgan fingerprint density at radius 2 is 1.13 bits per heavy atom. The zero-order chi connectivity index (χ0) is 52.5. The van der Waals surface area contributed by atoms with Crippen molar-refractivity contribution in [2.45, 2.75) is 123 Å². The van der Waals surface area contributed by atoms with Crippen molar-refractivity contribution in [3.05, 3.63) is 35.9 Å². The summed E-state index contributed by atoms with van der Waals surface area (Å²) in [6.45, 7) is 10.6. The minimum Gasteiger partial charge on any atom is -0.463 e.